The minimum atomic E-state index is -0.989. The van der Waals surface area contributed by atoms with Crippen LogP contribution in [0.2, 0.25) is 0 Å². The molecule has 0 amide bonds. The maximum atomic E-state index is 12.2. The Kier molecular flexibility index (Phi) is 5.77. The van der Waals surface area contributed by atoms with E-state index in [1.165, 1.54) is 25.7 Å². The molecule has 30 heavy (non-hydrogen) atoms. The zero-order valence-corrected chi connectivity index (χ0v) is 20.0. The van der Waals surface area contributed by atoms with Gasteiger partial charge >= 0.3 is 0 Å². The second-order valence-electron chi connectivity index (χ2n) is 12.6. The van der Waals surface area contributed by atoms with Crippen LogP contribution in [0.15, 0.2) is 12.2 Å². The Hall–Kier alpha value is -0.380. The molecule has 3 nitrogen and oxygen atoms in total. The van der Waals surface area contributed by atoms with Crippen molar-refractivity contribution in [2.24, 2.45) is 40.4 Å². The number of fused-ring (bicyclic) bond motifs is 5. The van der Waals surface area contributed by atoms with E-state index >= 15 is 0 Å². The van der Waals surface area contributed by atoms with Crippen LogP contribution in [0.5, 0.6) is 0 Å². The fraction of sp³-hybridized carbons (Fsp3) is 0.926. The van der Waals surface area contributed by atoms with Gasteiger partial charge in [-0.25, -0.2) is 0 Å². The summed E-state index contributed by atoms with van der Waals surface area (Å²) in [4.78, 5) is 0. The predicted octanol–water partition coefficient (Wildman–Crippen LogP) is 5.47. The standard InChI is InChI=1S/C27H46O3/c1-18(2)7-6-8-19(3)21-9-10-22-24(21,4)13-12-23-25(5)14-11-20(28)17-26(25,29)15-16-27(22,23)30/h15-16,18-23,28-30H,6-14,17H2,1-5H3/t19-,20+,21-,22?,23?,24-,25-,26-,27+/m1/s1. The SMILES string of the molecule is CC(C)CCC[C@@H](C)[C@H]1CCC2[C@@]3(O)C=C[C@@]4(O)C[C@@H](O)CC[C@]4(C)C3CC[C@@]21C. The summed E-state index contributed by atoms with van der Waals surface area (Å²) in [6.07, 6.45) is 13.8. The van der Waals surface area contributed by atoms with E-state index in [1.54, 1.807) is 0 Å². The van der Waals surface area contributed by atoms with Gasteiger partial charge in [0.05, 0.1) is 17.3 Å². The first-order chi connectivity index (χ1) is 14.0. The molecule has 3 fully saturated rings. The number of rotatable bonds is 5. The van der Waals surface area contributed by atoms with Crippen LogP contribution in [0.25, 0.3) is 0 Å². The molecule has 3 N–H and O–H groups in total. The molecule has 0 aromatic heterocycles. The first-order valence-corrected chi connectivity index (χ1v) is 12.8. The van der Waals surface area contributed by atoms with Gasteiger partial charge in [0.2, 0.25) is 0 Å². The molecule has 3 saturated carbocycles. The fourth-order valence-electron chi connectivity index (χ4n) is 8.74. The Morgan fingerprint density at radius 1 is 0.900 bits per heavy atom. The van der Waals surface area contributed by atoms with Crippen molar-refractivity contribution in [3.8, 4) is 0 Å². The normalized spacial score (nSPS) is 51.4. The molecule has 0 aromatic rings. The molecular formula is C27H46O3. The highest BCUT2D eigenvalue weighted by Gasteiger charge is 2.68. The number of hydrogen-bond acceptors (Lipinski definition) is 3. The summed E-state index contributed by atoms with van der Waals surface area (Å²) in [7, 11) is 0. The van der Waals surface area contributed by atoms with Gasteiger partial charge in [-0.3, -0.25) is 0 Å². The minimum absolute atomic E-state index is 0.0839. The molecule has 0 bridgehead atoms. The van der Waals surface area contributed by atoms with Gasteiger partial charge in [-0.15, -0.1) is 0 Å². The molecule has 0 radical (unpaired) electrons. The van der Waals surface area contributed by atoms with E-state index in [1.807, 2.05) is 12.2 Å². The third-order valence-corrected chi connectivity index (χ3v) is 10.6. The van der Waals surface area contributed by atoms with E-state index < -0.39 is 17.3 Å². The average molecular weight is 419 g/mol. The largest absolute Gasteiger partial charge is 0.393 e. The molecule has 0 spiro atoms. The van der Waals surface area contributed by atoms with Crippen LogP contribution in [-0.2, 0) is 0 Å². The Morgan fingerprint density at radius 3 is 2.33 bits per heavy atom. The topological polar surface area (TPSA) is 60.7 Å². The second kappa shape index (κ2) is 7.59. The van der Waals surface area contributed by atoms with E-state index in [0.717, 1.165) is 38.0 Å². The molecule has 3 heteroatoms. The van der Waals surface area contributed by atoms with E-state index in [0.29, 0.717) is 18.3 Å². The van der Waals surface area contributed by atoms with Crippen LogP contribution in [-0.4, -0.2) is 32.6 Å². The maximum absolute atomic E-state index is 12.2. The molecule has 0 heterocycles. The summed E-state index contributed by atoms with van der Waals surface area (Å²) in [5.41, 5.74) is -1.97. The van der Waals surface area contributed by atoms with Crippen LogP contribution in [0, 0.1) is 40.4 Å². The van der Waals surface area contributed by atoms with Gasteiger partial charge in [-0.2, -0.15) is 0 Å². The summed E-state index contributed by atoms with van der Waals surface area (Å²) >= 11 is 0. The first kappa shape index (κ1) is 22.8. The highest BCUT2D eigenvalue weighted by Crippen LogP contribution is 2.69. The summed E-state index contributed by atoms with van der Waals surface area (Å²) in [6, 6.07) is 0. The predicted molar refractivity (Wildman–Crippen MR) is 122 cm³/mol. The molecular weight excluding hydrogens is 372 g/mol. The summed E-state index contributed by atoms with van der Waals surface area (Å²) in [6.45, 7) is 11.7. The lowest BCUT2D eigenvalue weighted by Crippen LogP contribution is -2.67. The summed E-state index contributed by atoms with van der Waals surface area (Å²) in [5.74, 6) is 2.55. The van der Waals surface area contributed by atoms with E-state index in [2.05, 4.69) is 34.6 Å². The molecule has 0 aromatic carbocycles. The van der Waals surface area contributed by atoms with E-state index in [9.17, 15) is 15.3 Å². The molecule has 2 unspecified atom stereocenters. The van der Waals surface area contributed by atoms with E-state index in [-0.39, 0.29) is 22.7 Å². The fourth-order valence-corrected chi connectivity index (χ4v) is 8.74. The molecule has 9 atom stereocenters. The highest BCUT2D eigenvalue weighted by atomic mass is 16.3. The highest BCUT2D eigenvalue weighted by molar-refractivity contribution is 5.30. The van der Waals surface area contributed by atoms with Crippen molar-refractivity contribution in [1.82, 2.24) is 0 Å². The van der Waals surface area contributed by atoms with Gasteiger partial charge in [0, 0.05) is 17.8 Å². The van der Waals surface area contributed by atoms with Gasteiger partial charge in [0.25, 0.3) is 0 Å². The Balaban J connectivity index is 1.59. The average Bonchev–Trinajstić information content (AvgIpc) is 3.01. The lowest BCUT2D eigenvalue weighted by molar-refractivity contribution is -0.220. The van der Waals surface area contributed by atoms with Crippen LogP contribution in [0.4, 0.5) is 0 Å². The van der Waals surface area contributed by atoms with Gasteiger partial charge < -0.3 is 15.3 Å². The van der Waals surface area contributed by atoms with Gasteiger partial charge in [-0.05, 0) is 67.6 Å². The summed E-state index contributed by atoms with van der Waals surface area (Å²) < 4.78 is 0. The zero-order chi connectivity index (χ0) is 21.9. The van der Waals surface area contributed by atoms with Crippen LogP contribution >= 0.6 is 0 Å². The molecule has 4 aliphatic rings. The Bertz CT molecular complexity index is 673. The van der Waals surface area contributed by atoms with Crippen molar-refractivity contribution in [2.75, 3.05) is 0 Å². The van der Waals surface area contributed by atoms with Crippen molar-refractivity contribution >= 4 is 0 Å². The maximum Gasteiger partial charge on any atom is 0.0910 e. The van der Waals surface area contributed by atoms with Crippen molar-refractivity contribution in [1.29, 1.82) is 0 Å². The van der Waals surface area contributed by atoms with Crippen molar-refractivity contribution in [3.05, 3.63) is 12.2 Å². The van der Waals surface area contributed by atoms with Crippen molar-refractivity contribution < 1.29 is 15.3 Å². The van der Waals surface area contributed by atoms with Gasteiger partial charge in [-0.1, -0.05) is 66.0 Å². The smallest absolute Gasteiger partial charge is 0.0910 e. The third-order valence-electron chi connectivity index (χ3n) is 10.6. The number of hydrogen-bond donors (Lipinski definition) is 3. The molecule has 4 aliphatic carbocycles. The first-order valence-electron chi connectivity index (χ1n) is 12.8. The Labute approximate surface area is 184 Å². The lowest BCUT2D eigenvalue weighted by Gasteiger charge is -2.64. The van der Waals surface area contributed by atoms with Gasteiger partial charge in [0.15, 0.2) is 0 Å². The monoisotopic (exact) mass is 418 g/mol. The molecule has 4 rings (SSSR count). The van der Waals surface area contributed by atoms with Gasteiger partial charge in [0.1, 0.15) is 0 Å². The van der Waals surface area contributed by atoms with Crippen molar-refractivity contribution in [2.45, 2.75) is 116 Å². The quantitative estimate of drug-likeness (QED) is 0.519. The molecule has 0 aliphatic heterocycles. The van der Waals surface area contributed by atoms with Crippen LogP contribution in [0.1, 0.15) is 98.8 Å². The summed E-state index contributed by atoms with van der Waals surface area (Å²) in [5, 5.41) is 33.9. The van der Waals surface area contributed by atoms with Crippen LogP contribution in [0.3, 0.4) is 0 Å². The molecule has 0 saturated heterocycles. The van der Waals surface area contributed by atoms with Crippen molar-refractivity contribution in [3.63, 3.8) is 0 Å². The minimum Gasteiger partial charge on any atom is -0.393 e. The third kappa shape index (κ3) is 3.25. The number of aliphatic hydroxyl groups is 3. The van der Waals surface area contributed by atoms with E-state index in [4.69, 9.17) is 0 Å². The molecule has 172 valence electrons. The number of aliphatic hydroxyl groups excluding tert-OH is 1. The Morgan fingerprint density at radius 2 is 1.63 bits per heavy atom. The van der Waals surface area contributed by atoms with Crippen LogP contribution < -0.4 is 0 Å². The second-order valence-corrected chi connectivity index (χ2v) is 12.6. The zero-order valence-electron chi connectivity index (χ0n) is 20.0. The lowest BCUT2D eigenvalue weighted by atomic mass is 9.43.